The smallest absolute Gasteiger partial charge is 0.0352 e. The molecule has 0 aliphatic carbocycles. The van der Waals surface area contributed by atoms with Gasteiger partial charge in [-0.05, 0) is 24.2 Å². The molecule has 0 heteroatoms. The first-order valence-corrected chi connectivity index (χ1v) is 9.55. The van der Waals surface area contributed by atoms with Crippen LogP contribution in [0.4, 0.5) is 0 Å². The van der Waals surface area contributed by atoms with Crippen molar-refractivity contribution < 1.29 is 0 Å². The first kappa shape index (κ1) is 20.0. The van der Waals surface area contributed by atoms with E-state index in [4.69, 9.17) is 0 Å². The Kier molecular flexibility index (Phi) is 12.7. The molecule has 20 heavy (non-hydrogen) atoms. The Morgan fingerprint density at radius 2 is 1.25 bits per heavy atom. The fourth-order valence-electron chi connectivity index (χ4n) is 3.39. The van der Waals surface area contributed by atoms with Gasteiger partial charge in [0.2, 0.25) is 0 Å². The number of hydrogen-bond donors (Lipinski definition) is 0. The Morgan fingerprint density at radius 1 is 0.700 bits per heavy atom. The van der Waals surface area contributed by atoms with Crippen molar-refractivity contribution in [1.82, 2.24) is 0 Å². The van der Waals surface area contributed by atoms with Crippen LogP contribution in [0.25, 0.3) is 0 Å². The molecule has 0 aromatic heterocycles. The minimum Gasteiger partial charge on any atom is -0.0654 e. The van der Waals surface area contributed by atoms with Crippen molar-refractivity contribution in [2.75, 3.05) is 0 Å². The highest BCUT2D eigenvalue weighted by Crippen LogP contribution is 2.34. The van der Waals surface area contributed by atoms with Gasteiger partial charge in [-0.15, -0.1) is 0 Å². The Morgan fingerprint density at radius 3 is 1.80 bits per heavy atom. The molecule has 0 aromatic carbocycles. The molecule has 0 radical (unpaired) electrons. The molecule has 0 N–H and O–H groups in total. The Bertz CT molecular complexity index is 192. The zero-order valence-electron chi connectivity index (χ0n) is 15.3. The van der Waals surface area contributed by atoms with Gasteiger partial charge in [-0.3, -0.25) is 0 Å². The van der Waals surface area contributed by atoms with E-state index >= 15 is 0 Å². The van der Waals surface area contributed by atoms with E-state index < -0.39 is 0 Å². The van der Waals surface area contributed by atoms with Gasteiger partial charge in [0.1, 0.15) is 0 Å². The van der Waals surface area contributed by atoms with E-state index in [0.29, 0.717) is 5.41 Å². The quantitative estimate of drug-likeness (QED) is 0.285. The van der Waals surface area contributed by atoms with Gasteiger partial charge >= 0.3 is 0 Å². The van der Waals surface area contributed by atoms with Gasteiger partial charge in [-0.1, -0.05) is 105 Å². The highest BCUT2D eigenvalue weighted by Gasteiger charge is 2.21. The molecule has 0 saturated heterocycles. The van der Waals surface area contributed by atoms with E-state index in [1.807, 2.05) is 0 Å². The Labute approximate surface area is 130 Å². The van der Waals surface area contributed by atoms with Crippen LogP contribution >= 0.6 is 0 Å². The lowest BCUT2D eigenvalue weighted by Crippen LogP contribution is -2.17. The van der Waals surface area contributed by atoms with Crippen molar-refractivity contribution in [2.24, 2.45) is 11.3 Å². The van der Waals surface area contributed by atoms with E-state index in [1.165, 1.54) is 83.5 Å². The zero-order chi connectivity index (χ0) is 15.3. The fraction of sp³-hybridized carbons (Fsp3) is 1.00. The van der Waals surface area contributed by atoms with Crippen LogP contribution in [0.5, 0.6) is 0 Å². The molecule has 0 nitrogen and oxygen atoms in total. The molecule has 0 fully saturated rings. The van der Waals surface area contributed by atoms with E-state index in [2.05, 4.69) is 34.6 Å². The van der Waals surface area contributed by atoms with Gasteiger partial charge in [-0.25, -0.2) is 0 Å². The summed E-state index contributed by atoms with van der Waals surface area (Å²) < 4.78 is 0. The summed E-state index contributed by atoms with van der Waals surface area (Å²) in [5.41, 5.74) is 0.567. The van der Waals surface area contributed by atoms with Crippen LogP contribution in [0.15, 0.2) is 0 Å². The van der Waals surface area contributed by atoms with Gasteiger partial charge in [-0.2, -0.15) is 0 Å². The van der Waals surface area contributed by atoms with Gasteiger partial charge in [0.05, 0.1) is 0 Å². The van der Waals surface area contributed by atoms with Crippen LogP contribution < -0.4 is 0 Å². The zero-order valence-corrected chi connectivity index (χ0v) is 15.3. The molecule has 0 bridgehead atoms. The molecule has 0 aliphatic heterocycles. The van der Waals surface area contributed by atoms with E-state index in [1.54, 1.807) is 0 Å². The van der Waals surface area contributed by atoms with Crippen molar-refractivity contribution in [3.63, 3.8) is 0 Å². The molecule has 0 rings (SSSR count). The van der Waals surface area contributed by atoms with Gasteiger partial charge in [0.15, 0.2) is 0 Å². The van der Waals surface area contributed by atoms with E-state index in [0.717, 1.165) is 5.92 Å². The predicted octanol–water partition coefficient (Wildman–Crippen LogP) is 7.76. The summed E-state index contributed by atoms with van der Waals surface area (Å²) in [5.74, 6) is 0.967. The highest BCUT2D eigenvalue weighted by atomic mass is 14.3. The molecule has 0 spiro atoms. The molecule has 0 aliphatic rings. The molecule has 122 valence electrons. The maximum atomic E-state index is 2.50. The maximum absolute atomic E-state index is 2.50. The topological polar surface area (TPSA) is 0 Å². The van der Waals surface area contributed by atoms with E-state index in [9.17, 15) is 0 Å². The highest BCUT2D eigenvalue weighted by molar-refractivity contribution is 4.73. The van der Waals surface area contributed by atoms with Crippen LogP contribution in [0.3, 0.4) is 0 Å². The summed E-state index contributed by atoms with van der Waals surface area (Å²) in [6.07, 6.45) is 18.6. The van der Waals surface area contributed by atoms with Crippen LogP contribution in [-0.4, -0.2) is 0 Å². The van der Waals surface area contributed by atoms with Gasteiger partial charge < -0.3 is 0 Å². The molecule has 0 saturated carbocycles. The predicted molar refractivity (Wildman–Crippen MR) is 94.3 cm³/mol. The van der Waals surface area contributed by atoms with E-state index in [-0.39, 0.29) is 0 Å². The van der Waals surface area contributed by atoms with Crippen molar-refractivity contribution in [2.45, 2.75) is 118 Å². The van der Waals surface area contributed by atoms with Crippen LogP contribution in [0, 0.1) is 11.3 Å². The summed E-state index contributed by atoms with van der Waals surface area (Å²) in [7, 11) is 0. The molecule has 1 unspecified atom stereocenters. The largest absolute Gasteiger partial charge is 0.0654 e. The summed E-state index contributed by atoms with van der Waals surface area (Å²) in [6.45, 7) is 12.0. The van der Waals surface area contributed by atoms with Crippen molar-refractivity contribution >= 4 is 0 Å². The first-order valence-electron chi connectivity index (χ1n) is 9.55. The lowest BCUT2D eigenvalue weighted by molar-refractivity contribution is 0.225. The summed E-state index contributed by atoms with van der Waals surface area (Å²) in [4.78, 5) is 0. The van der Waals surface area contributed by atoms with Crippen molar-refractivity contribution in [3.05, 3.63) is 0 Å². The summed E-state index contributed by atoms with van der Waals surface area (Å²) in [5, 5.41) is 0. The second-order valence-electron chi connectivity index (χ2n) is 7.66. The number of unbranched alkanes of at least 4 members (excludes halogenated alkanes) is 7. The minimum absolute atomic E-state index is 0.567. The molecular formula is C20H42. The molecule has 0 aromatic rings. The fourth-order valence-corrected chi connectivity index (χ4v) is 3.39. The third-order valence-corrected chi connectivity index (χ3v) is 4.84. The number of hydrogen-bond acceptors (Lipinski definition) is 0. The van der Waals surface area contributed by atoms with Crippen LogP contribution in [0.2, 0.25) is 0 Å². The monoisotopic (exact) mass is 282 g/mol. The van der Waals surface area contributed by atoms with Crippen molar-refractivity contribution in [1.29, 1.82) is 0 Å². The summed E-state index contributed by atoms with van der Waals surface area (Å²) >= 11 is 0. The second-order valence-corrected chi connectivity index (χ2v) is 7.66. The van der Waals surface area contributed by atoms with Crippen LogP contribution in [0.1, 0.15) is 118 Å². The third kappa shape index (κ3) is 11.8. The maximum Gasteiger partial charge on any atom is -0.0352 e. The average Bonchev–Trinajstić information content (AvgIpc) is 2.42. The average molecular weight is 283 g/mol. The van der Waals surface area contributed by atoms with Gasteiger partial charge in [0, 0.05) is 0 Å². The Balaban J connectivity index is 3.70. The third-order valence-electron chi connectivity index (χ3n) is 4.84. The number of rotatable bonds is 14. The minimum atomic E-state index is 0.567. The second kappa shape index (κ2) is 12.7. The lowest BCUT2D eigenvalue weighted by Gasteiger charge is -2.29. The Hall–Kier alpha value is 0. The standard InChI is InChI=1S/C20H42/c1-6-9-11-12-13-14-15-17-20(4,5)18-19(8-3)16-10-7-2/h19H,6-18H2,1-5H3. The molecular weight excluding hydrogens is 240 g/mol. The van der Waals surface area contributed by atoms with Gasteiger partial charge in [0.25, 0.3) is 0 Å². The first-order chi connectivity index (χ1) is 9.55. The van der Waals surface area contributed by atoms with Crippen LogP contribution in [-0.2, 0) is 0 Å². The molecule has 0 heterocycles. The lowest BCUT2D eigenvalue weighted by atomic mass is 9.76. The normalized spacial score (nSPS) is 13.7. The molecule has 0 amide bonds. The molecule has 1 atom stereocenters. The summed E-state index contributed by atoms with van der Waals surface area (Å²) in [6, 6.07) is 0. The van der Waals surface area contributed by atoms with Crippen molar-refractivity contribution in [3.8, 4) is 0 Å². The SMILES string of the molecule is CCCCCCCCCC(C)(C)CC(CC)CCCC.